The lowest BCUT2D eigenvalue weighted by molar-refractivity contribution is -0.185. The van der Waals surface area contributed by atoms with E-state index in [1.165, 1.54) is 25.7 Å². The fourth-order valence-corrected chi connectivity index (χ4v) is 2.27. The van der Waals surface area contributed by atoms with Gasteiger partial charge in [0.05, 0.1) is 12.2 Å². The Morgan fingerprint density at radius 2 is 2.00 bits per heavy atom. The van der Waals surface area contributed by atoms with Crippen molar-refractivity contribution in [2.45, 2.75) is 71.5 Å². The summed E-state index contributed by atoms with van der Waals surface area (Å²) in [5.41, 5.74) is 0.0186. The molecular formula is C13H26O2. The topological polar surface area (TPSA) is 29.5 Å². The highest BCUT2D eigenvalue weighted by molar-refractivity contribution is 5.00. The zero-order valence-electron chi connectivity index (χ0n) is 10.5. The minimum Gasteiger partial charge on any atom is -0.392 e. The van der Waals surface area contributed by atoms with Crippen LogP contribution in [-0.4, -0.2) is 23.9 Å². The molecule has 2 heteroatoms. The normalized spacial score (nSPS) is 35.2. The molecule has 0 aromatic heterocycles. The molecule has 0 bridgehead atoms. The van der Waals surface area contributed by atoms with Crippen LogP contribution in [0.5, 0.6) is 0 Å². The predicted octanol–water partition coefficient (Wildman–Crippen LogP) is 3.13. The summed E-state index contributed by atoms with van der Waals surface area (Å²) in [6, 6.07) is 0. The molecule has 0 aromatic carbocycles. The van der Waals surface area contributed by atoms with Crippen LogP contribution in [0.1, 0.15) is 59.3 Å². The van der Waals surface area contributed by atoms with Gasteiger partial charge < -0.3 is 9.84 Å². The summed E-state index contributed by atoms with van der Waals surface area (Å²) in [6.07, 6.45) is 7.00. The van der Waals surface area contributed by atoms with Crippen molar-refractivity contribution in [1.82, 2.24) is 0 Å². The molecule has 3 atom stereocenters. The second-order valence-electron chi connectivity index (χ2n) is 5.03. The molecule has 0 aromatic rings. The molecular weight excluding hydrogens is 188 g/mol. The molecule has 1 saturated carbocycles. The fourth-order valence-electron chi connectivity index (χ4n) is 2.27. The molecule has 2 nitrogen and oxygen atoms in total. The van der Waals surface area contributed by atoms with Crippen molar-refractivity contribution in [3.8, 4) is 0 Å². The smallest absolute Gasteiger partial charge is 0.0678 e. The second-order valence-corrected chi connectivity index (χ2v) is 5.03. The summed E-state index contributed by atoms with van der Waals surface area (Å²) in [6.45, 7) is 7.36. The molecule has 0 aliphatic heterocycles. The highest BCUT2D eigenvalue weighted by Gasteiger charge is 2.50. The van der Waals surface area contributed by atoms with Gasteiger partial charge in [-0.1, -0.05) is 40.0 Å². The highest BCUT2D eigenvalue weighted by Crippen LogP contribution is 2.45. The van der Waals surface area contributed by atoms with E-state index in [-0.39, 0.29) is 11.5 Å². The predicted molar refractivity (Wildman–Crippen MR) is 62.9 cm³/mol. The monoisotopic (exact) mass is 214 g/mol. The molecule has 1 fully saturated rings. The van der Waals surface area contributed by atoms with Gasteiger partial charge in [0.15, 0.2) is 0 Å². The molecule has 0 heterocycles. The maximum absolute atomic E-state index is 9.70. The lowest BCUT2D eigenvalue weighted by Gasteiger charge is -2.50. The zero-order chi connectivity index (χ0) is 11.3. The molecule has 15 heavy (non-hydrogen) atoms. The Morgan fingerprint density at radius 3 is 2.53 bits per heavy atom. The van der Waals surface area contributed by atoms with Crippen molar-refractivity contribution in [2.24, 2.45) is 5.41 Å². The van der Waals surface area contributed by atoms with Gasteiger partial charge in [0.2, 0.25) is 0 Å². The number of hydrogen-bond acceptors (Lipinski definition) is 2. The van der Waals surface area contributed by atoms with E-state index in [9.17, 15) is 5.11 Å². The first kappa shape index (κ1) is 13.0. The van der Waals surface area contributed by atoms with Crippen LogP contribution in [0.3, 0.4) is 0 Å². The molecule has 0 amide bonds. The van der Waals surface area contributed by atoms with Gasteiger partial charge in [0.1, 0.15) is 0 Å². The van der Waals surface area contributed by atoms with E-state index in [1.54, 1.807) is 0 Å². The quantitative estimate of drug-likeness (QED) is 0.660. The van der Waals surface area contributed by atoms with Gasteiger partial charge in [-0.2, -0.15) is 0 Å². The third-order valence-corrected chi connectivity index (χ3v) is 4.01. The maximum Gasteiger partial charge on any atom is 0.0678 e. The Balaban J connectivity index is 2.12. The highest BCUT2D eigenvalue weighted by atomic mass is 16.5. The third-order valence-electron chi connectivity index (χ3n) is 4.01. The Morgan fingerprint density at radius 1 is 1.27 bits per heavy atom. The maximum atomic E-state index is 9.70. The van der Waals surface area contributed by atoms with E-state index in [4.69, 9.17) is 4.74 Å². The van der Waals surface area contributed by atoms with Gasteiger partial charge in [-0.15, -0.1) is 0 Å². The van der Waals surface area contributed by atoms with Crippen LogP contribution in [-0.2, 0) is 4.74 Å². The second kappa shape index (κ2) is 5.86. The minimum atomic E-state index is -0.150. The lowest BCUT2D eigenvalue weighted by Crippen LogP contribution is -2.56. The summed E-state index contributed by atoms with van der Waals surface area (Å²) < 4.78 is 5.84. The molecule has 90 valence electrons. The Bertz CT molecular complexity index is 181. The van der Waals surface area contributed by atoms with Gasteiger partial charge in [0.25, 0.3) is 0 Å². The van der Waals surface area contributed by atoms with E-state index < -0.39 is 0 Å². The molecule has 1 aliphatic carbocycles. The number of aliphatic hydroxyl groups excluding tert-OH is 1. The average Bonchev–Trinajstić information content (AvgIpc) is 2.26. The molecule has 0 saturated heterocycles. The van der Waals surface area contributed by atoms with Crippen molar-refractivity contribution in [1.29, 1.82) is 0 Å². The van der Waals surface area contributed by atoms with Crippen LogP contribution in [0.4, 0.5) is 0 Å². The van der Waals surface area contributed by atoms with Crippen LogP contribution < -0.4 is 0 Å². The first-order chi connectivity index (χ1) is 7.15. The van der Waals surface area contributed by atoms with Gasteiger partial charge in [-0.3, -0.25) is 0 Å². The van der Waals surface area contributed by atoms with Crippen molar-refractivity contribution in [3.05, 3.63) is 0 Å². The van der Waals surface area contributed by atoms with Crippen molar-refractivity contribution in [3.63, 3.8) is 0 Å². The Kier molecular flexibility index (Phi) is 5.07. The van der Waals surface area contributed by atoms with Gasteiger partial charge in [-0.25, -0.2) is 0 Å². The van der Waals surface area contributed by atoms with E-state index in [0.717, 1.165) is 19.4 Å². The van der Waals surface area contributed by atoms with Crippen molar-refractivity contribution < 1.29 is 9.84 Å². The van der Waals surface area contributed by atoms with Gasteiger partial charge in [-0.05, 0) is 12.8 Å². The average molecular weight is 214 g/mol. The summed E-state index contributed by atoms with van der Waals surface area (Å²) >= 11 is 0. The molecule has 3 unspecified atom stereocenters. The fraction of sp³-hybridized carbons (Fsp3) is 1.00. The van der Waals surface area contributed by atoms with Crippen molar-refractivity contribution in [2.75, 3.05) is 6.61 Å². The van der Waals surface area contributed by atoms with Gasteiger partial charge >= 0.3 is 0 Å². The molecule has 1 rings (SSSR count). The number of rotatable bonds is 7. The number of ether oxygens (including phenoxy) is 1. The molecule has 1 aliphatic rings. The van der Waals surface area contributed by atoms with E-state index >= 15 is 0 Å². The molecule has 0 radical (unpaired) electrons. The first-order valence-corrected chi connectivity index (χ1v) is 6.44. The summed E-state index contributed by atoms with van der Waals surface area (Å²) in [5.74, 6) is 0. The standard InChI is InChI=1S/C13H26O2/c1-4-6-7-8-9-15-12-10-11(14)13(12,3)5-2/h11-12,14H,4-10H2,1-3H3. The van der Waals surface area contributed by atoms with E-state index in [1.807, 2.05) is 0 Å². The van der Waals surface area contributed by atoms with Gasteiger partial charge in [0, 0.05) is 18.4 Å². The summed E-state index contributed by atoms with van der Waals surface area (Å²) in [7, 11) is 0. The lowest BCUT2D eigenvalue weighted by atomic mass is 9.63. The Labute approximate surface area is 94.0 Å². The number of aliphatic hydroxyl groups is 1. The summed E-state index contributed by atoms with van der Waals surface area (Å²) in [4.78, 5) is 0. The van der Waals surface area contributed by atoms with Crippen molar-refractivity contribution >= 4 is 0 Å². The van der Waals surface area contributed by atoms with Crippen LogP contribution in [0.2, 0.25) is 0 Å². The first-order valence-electron chi connectivity index (χ1n) is 6.44. The van der Waals surface area contributed by atoms with E-state index in [0.29, 0.717) is 6.10 Å². The van der Waals surface area contributed by atoms with Crippen LogP contribution in [0, 0.1) is 5.41 Å². The van der Waals surface area contributed by atoms with Crippen LogP contribution in [0.25, 0.3) is 0 Å². The molecule has 0 spiro atoms. The number of unbranched alkanes of at least 4 members (excludes halogenated alkanes) is 3. The summed E-state index contributed by atoms with van der Waals surface area (Å²) in [5, 5.41) is 9.70. The van der Waals surface area contributed by atoms with Crippen LogP contribution >= 0.6 is 0 Å². The Hall–Kier alpha value is -0.0800. The van der Waals surface area contributed by atoms with E-state index in [2.05, 4.69) is 20.8 Å². The third kappa shape index (κ3) is 2.94. The SMILES string of the molecule is CCCCCCOC1CC(O)C1(C)CC. The minimum absolute atomic E-state index is 0.0186. The largest absolute Gasteiger partial charge is 0.392 e. The molecule has 1 N–H and O–H groups in total. The zero-order valence-corrected chi connectivity index (χ0v) is 10.5. The number of hydrogen-bond donors (Lipinski definition) is 1. The van der Waals surface area contributed by atoms with Crippen LogP contribution in [0.15, 0.2) is 0 Å².